The van der Waals surface area contributed by atoms with Crippen molar-refractivity contribution in [3.05, 3.63) is 12.4 Å². The lowest BCUT2D eigenvalue weighted by Crippen LogP contribution is -2.22. The third-order valence-electron chi connectivity index (χ3n) is 2.61. The molecule has 0 radical (unpaired) electrons. The first-order valence-corrected chi connectivity index (χ1v) is 6.40. The van der Waals surface area contributed by atoms with Crippen molar-refractivity contribution in [3.8, 4) is 11.8 Å². The Hall–Kier alpha value is -1.38. The van der Waals surface area contributed by atoms with Gasteiger partial charge in [-0.05, 0) is 26.2 Å². The molecule has 0 saturated carbocycles. The van der Waals surface area contributed by atoms with Crippen LogP contribution in [0, 0.1) is 11.8 Å². The van der Waals surface area contributed by atoms with Crippen molar-refractivity contribution >= 4 is 0 Å². The summed E-state index contributed by atoms with van der Waals surface area (Å²) in [6.45, 7) is 4.15. The highest BCUT2D eigenvalue weighted by Gasteiger charge is 2.03. The van der Waals surface area contributed by atoms with Crippen LogP contribution in [0.3, 0.4) is 0 Å². The summed E-state index contributed by atoms with van der Waals surface area (Å²) in [7, 11) is 0. The Morgan fingerprint density at radius 3 is 3.00 bits per heavy atom. The fourth-order valence-corrected chi connectivity index (χ4v) is 1.59. The van der Waals surface area contributed by atoms with Crippen LogP contribution >= 0.6 is 0 Å². The molecule has 1 aromatic heterocycles. The van der Waals surface area contributed by atoms with Gasteiger partial charge in [-0.1, -0.05) is 5.21 Å². The van der Waals surface area contributed by atoms with Gasteiger partial charge in [0.1, 0.15) is 0 Å². The lowest BCUT2D eigenvalue weighted by atomic mass is 10.1. The molecule has 0 spiro atoms. The number of ether oxygens (including phenoxy) is 1. The Labute approximate surface area is 109 Å². The van der Waals surface area contributed by atoms with E-state index in [1.165, 1.54) is 0 Å². The number of rotatable bonds is 9. The molecule has 1 heterocycles. The third-order valence-corrected chi connectivity index (χ3v) is 2.61. The molecule has 1 aromatic rings. The topological polar surface area (TPSA) is 66.0 Å². The first kappa shape index (κ1) is 14.7. The molecule has 0 aliphatic heterocycles. The van der Waals surface area contributed by atoms with E-state index < -0.39 is 0 Å². The second-order valence-electron chi connectivity index (χ2n) is 4.15. The van der Waals surface area contributed by atoms with Gasteiger partial charge in [0.15, 0.2) is 0 Å². The van der Waals surface area contributed by atoms with Gasteiger partial charge in [0.25, 0.3) is 0 Å². The second kappa shape index (κ2) is 9.63. The fourth-order valence-electron chi connectivity index (χ4n) is 1.59. The molecule has 0 amide bonds. The van der Waals surface area contributed by atoms with E-state index in [1.807, 2.05) is 13.1 Å². The molecule has 1 atom stereocenters. The van der Waals surface area contributed by atoms with Gasteiger partial charge >= 0.3 is 0 Å². The molecule has 18 heavy (non-hydrogen) atoms. The van der Waals surface area contributed by atoms with E-state index in [9.17, 15) is 0 Å². The minimum atomic E-state index is 0.202. The number of nitrogens with two attached hydrogens (primary N) is 1. The smallest absolute Gasteiger partial charge is 0.0692 e. The van der Waals surface area contributed by atoms with Crippen LogP contribution in [0.25, 0.3) is 0 Å². The van der Waals surface area contributed by atoms with Crippen LogP contribution in [0.5, 0.6) is 0 Å². The first-order chi connectivity index (χ1) is 8.83. The van der Waals surface area contributed by atoms with E-state index in [0.29, 0.717) is 0 Å². The molecule has 0 aromatic carbocycles. The normalized spacial score (nSPS) is 11.9. The maximum Gasteiger partial charge on any atom is 0.0692 e. The zero-order valence-electron chi connectivity index (χ0n) is 11.0. The van der Waals surface area contributed by atoms with Crippen molar-refractivity contribution < 1.29 is 4.74 Å². The Balaban J connectivity index is 1.93. The number of aromatic nitrogens is 3. The van der Waals surface area contributed by atoms with Gasteiger partial charge in [-0.2, -0.15) is 0 Å². The van der Waals surface area contributed by atoms with E-state index in [4.69, 9.17) is 10.5 Å². The zero-order chi connectivity index (χ0) is 13.1. The standard InChI is InChI=1S/C13H22N4O/c1-2-3-4-11-18-12-5-6-13(14)7-9-17-10-8-15-16-17/h8,10,13H,4-7,9,11-12,14H2,1H3. The van der Waals surface area contributed by atoms with Crippen LogP contribution in [-0.4, -0.2) is 34.2 Å². The maximum absolute atomic E-state index is 6.01. The molecule has 1 unspecified atom stereocenters. The summed E-state index contributed by atoms with van der Waals surface area (Å²) in [5.41, 5.74) is 6.01. The number of nitrogens with zero attached hydrogens (tertiary/aromatic N) is 3. The van der Waals surface area contributed by atoms with Gasteiger partial charge in [0, 0.05) is 31.8 Å². The van der Waals surface area contributed by atoms with Crippen LogP contribution in [0.4, 0.5) is 0 Å². The Bertz CT molecular complexity index is 353. The molecule has 0 saturated heterocycles. The van der Waals surface area contributed by atoms with Crippen LogP contribution in [0.2, 0.25) is 0 Å². The van der Waals surface area contributed by atoms with Crippen molar-refractivity contribution in [2.75, 3.05) is 13.2 Å². The van der Waals surface area contributed by atoms with E-state index in [2.05, 4.69) is 22.2 Å². The Kier molecular flexibility index (Phi) is 7.85. The van der Waals surface area contributed by atoms with E-state index in [-0.39, 0.29) is 6.04 Å². The van der Waals surface area contributed by atoms with E-state index in [0.717, 1.165) is 45.4 Å². The lowest BCUT2D eigenvalue weighted by molar-refractivity contribution is 0.134. The Morgan fingerprint density at radius 1 is 1.39 bits per heavy atom. The molecule has 0 aliphatic rings. The average Bonchev–Trinajstić information content (AvgIpc) is 2.88. The molecule has 0 fully saturated rings. The van der Waals surface area contributed by atoms with Gasteiger partial charge in [0.2, 0.25) is 0 Å². The molecule has 5 heteroatoms. The minimum absolute atomic E-state index is 0.202. The van der Waals surface area contributed by atoms with Gasteiger partial charge in [0.05, 0.1) is 12.8 Å². The number of aryl methyl sites for hydroxylation is 1. The fraction of sp³-hybridized carbons (Fsp3) is 0.692. The minimum Gasteiger partial charge on any atom is -0.380 e. The number of hydrogen-bond acceptors (Lipinski definition) is 4. The summed E-state index contributed by atoms with van der Waals surface area (Å²) in [6.07, 6.45) is 7.24. The molecule has 0 aliphatic carbocycles. The van der Waals surface area contributed by atoms with Gasteiger partial charge < -0.3 is 10.5 Å². The largest absolute Gasteiger partial charge is 0.380 e. The first-order valence-electron chi connectivity index (χ1n) is 6.40. The summed E-state index contributed by atoms with van der Waals surface area (Å²) in [6, 6.07) is 0.202. The quantitative estimate of drug-likeness (QED) is 0.528. The molecule has 1 rings (SSSR count). The SMILES string of the molecule is CC#CCCOCCCC(N)CCn1ccnn1. The molecule has 0 bridgehead atoms. The summed E-state index contributed by atoms with van der Waals surface area (Å²) in [5, 5.41) is 7.65. The molecule has 2 N–H and O–H groups in total. The second-order valence-corrected chi connectivity index (χ2v) is 4.15. The highest BCUT2D eigenvalue weighted by molar-refractivity contribution is 4.94. The summed E-state index contributed by atoms with van der Waals surface area (Å²) in [4.78, 5) is 0. The zero-order valence-corrected chi connectivity index (χ0v) is 11.0. The molecular weight excluding hydrogens is 228 g/mol. The average molecular weight is 250 g/mol. The lowest BCUT2D eigenvalue weighted by Gasteiger charge is -2.11. The molecule has 100 valence electrons. The molecule has 5 nitrogen and oxygen atoms in total. The monoisotopic (exact) mass is 250 g/mol. The van der Waals surface area contributed by atoms with Gasteiger partial charge in [-0.25, -0.2) is 0 Å². The Morgan fingerprint density at radius 2 is 2.28 bits per heavy atom. The van der Waals surface area contributed by atoms with Crippen molar-refractivity contribution in [2.45, 2.75) is 45.2 Å². The third kappa shape index (κ3) is 7.05. The highest BCUT2D eigenvalue weighted by atomic mass is 16.5. The summed E-state index contributed by atoms with van der Waals surface area (Å²) < 4.78 is 7.26. The van der Waals surface area contributed by atoms with Crippen LogP contribution in [-0.2, 0) is 11.3 Å². The van der Waals surface area contributed by atoms with Gasteiger partial charge in [-0.15, -0.1) is 16.9 Å². The van der Waals surface area contributed by atoms with E-state index >= 15 is 0 Å². The highest BCUT2D eigenvalue weighted by Crippen LogP contribution is 2.01. The predicted octanol–water partition coefficient (Wildman–Crippen LogP) is 1.21. The van der Waals surface area contributed by atoms with Crippen LogP contribution in [0.1, 0.15) is 32.6 Å². The van der Waals surface area contributed by atoms with Gasteiger partial charge in [-0.3, -0.25) is 4.68 Å². The van der Waals surface area contributed by atoms with Crippen molar-refractivity contribution in [2.24, 2.45) is 5.73 Å². The summed E-state index contributed by atoms with van der Waals surface area (Å²) >= 11 is 0. The van der Waals surface area contributed by atoms with Crippen molar-refractivity contribution in [1.82, 2.24) is 15.0 Å². The number of hydrogen-bond donors (Lipinski definition) is 1. The van der Waals surface area contributed by atoms with Crippen LogP contribution in [0.15, 0.2) is 12.4 Å². The van der Waals surface area contributed by atoms with Crippen molar-refractivity contribution in [1.29, 1.82) is 0 Å². The van der Waals surface area contributed by atoms with Crippen molar-refractivity contribution in [3.63, 3.8) is 0 Å². The summed E-state index contributed by atoms with van der Waals surface area (Å²) in [5.74, 6) is 5.81. The maximum atomic E-state index is 6.01. The van der Waals surface area contributed by atoms with E-state index in [1.54, 1.807) is 10.9 Å². The molecular formula is C13H22N4O. The predicted molar refractivity (Wildman–Crippen MR) is 70.7 cm³/mol. The van der Waals surface area contributed by atoms with Crippen LogP contribution < -0.4 is 5.73 Å².